The molecule has 4 aromatic rings. The summed E-state index contributed by atoms with van der Waals surface area (Å²) in [5.74, 6) is -6.05. The number of carboxylic acids is 1. The molecule has 0 bridgehead atoms. The van der Waals surface area contributed by atoms with E-state index in [4.69, 9.17) is 14.6 Å². The van der Waals surface area contributed by atoms with E-state index in [-0.39, 0.29) is 24.9 Å². The molecule has 38 heavy (non-hydrogen) atoms. The summed E-state index contributed by atoms with van der Waals surface area (Å²) in [7, 11) is 0. The molecule has 3 aromatic heterocycles. The zero-order valence-electron chi connectivity index (χ0n) is 19.8. The van der Waals surface area contributed by atoms with Crippen LogP contribution in [0.25, 0.3) is 16.6 Å². The summed E-state index contributed by atoms with van der Waals surface area (Å²) in [4.78, 5) is 32.0. The number of benzene rings is 1. The van der Waals surface area contributed by atoms with E-state index in [1.54, 1.807) is 47.3 Å². The number of para-hydroxylation sites is 1. The summed E-state index contributed by atoms with van der Waals surface area (Å²) < 4.78 is 68.5. The quantitative estimate of drug-likeness (QED) is 0.380. The SMILES string of the molecule is Cc1cccc2ccc(OC3CN(C(=O)c4cccn5ccnc45)CCC3(F)F)nc12.O=C(O)C(F)(F)F. The first-order valence-electron chi connectivity index (χ1n) is 11.3. The highest BCUT2D eigenvalue weighted by molar-refractivity contribution is 5.99. The predicted molar refractivity (Wildman–Crippen MR) is 125 cm³/mol. The van der Waals surface area contributed by atoms with Gasteiger partial charge in [0.15, 0.2) is 6.10 Å². The Morgan fingerprint density at radius 1 is 1.11 bits per heavy atom. The number of pyridine rings is 2. The Morgan fingerprint density at radius 2 is 1.84 bits per heavy atom. The van der Waals surface area contributed by atoms with E-state index < -0.39 is 30.6 Å². The number of carbonyl (C=O) groups excluding carboxylic acids is 1. The monoisotopic (exact) mass is 536 g/mol. The number of hydrogen-bond donors (Lipinski definition) is 1. The van der Waals surface area contributed by atoms with E-state index >= 15 is 0 Å². The number of rotatable bonds is 3. The molecule has 0 radical (unpaired) electrons. The number of aryl methyl sites for hydroxylation is 1. The van der Waals surface area contributed by atoms with Gasteiger partial charge in [-0.15, -0.1) is 0 Å². The number of likely N-dealkylation sites (tertiary alicyclic amines) is 1. The van der Waals surface area contributed by atoms with Crippen LogP contribution in [0.5, 0.6) is 5.88 Å². The van der Waals surface area contributed by atoms with E-state index in [1.807, 2.05) is 25.1 Å². The van der Waals surface area contributed by atoms with Gasteiger partial charge in [0.1, 0.15) is 5.65 Å². The van der Waals surface area contributed by atoms with Gasteiger partial charge in [0.25, 0.3) is 11.8 Å². The third kappa shape index (κ3) is 5.66. The van der Waals surface area contributed by atoms with Gasteiger partial charge in [-0.2, -0.15) is 13.2 Å². The third-order valence-electron chi connectivity index (χ3n) is 5.91. The molecule has 8 nitrogen and oxygen atoms in total. The van der Waals surface area contributed by atoms with Gasteiger partial charge in [-0.1, -0.05) is 18.2 Å². The van der Waals surface area contributed by atoms with Crippen LogP contribution in [0.4, 0.5) is 22.0 Å². The minimum atomic E-state index is -5.08. The molecule has 1 fully saturated rings. The van der Waals surface area contributed by atoms with E-state index in [0.717, 1.165) is 10.9 Å². The number of halogens is 5. The first-order valence-corrected chi connectivity index (χ1v) is 11.3. The number of hydrogen-bond acceptors (Lipinski definition) is 5. The number of aromatic nitrogens is 3. The number of aliphatic carboxylic acids is 1. The second-order valence-electron chi connectivity index (χ2n) is 8.55. The molecule has 4 heterocycles. The fourth-order valence-electron chi connectivity index (χ4n) is 3.95. The molecule has 1 aliphatic rings. The number of ether oxygens (including phenoxy) is 1. The van der Waals surface area contributed by atoms with Crippen LogP contribution < -0.4 is 4.74 Å². The molecular weight excluding hydrogens is 515 g/mol. The predicted octanol–water partition coefficient (Wildman–Crippen LogP) is 4.75. The second kappa shape index (κ2) is 10.2. The highest BCUT2D eigenvalue weighted by Gasteiger charge is 2.47. The summed E-state index contributed by atoms with van der Waals surface area (Å²) in [5, 5.41) is 8.03. The molecule has 1 N–H and O–H groups in total. The lowest BCUT2D eigenvalue weighted by molar-refractivity contribution is -0.192. The maximum Gasteiger partial charge on any atom is 0.490 e. The van der Waals surface area contributed by atoms with E-state index in [2.05, 4.69) is 9.97 Å². The summed E-state index contributed by atoms with van der Waals surface area (Å²) in [6.07, 6.45) is -1.94. The maximum absolute atomic E-state index is 14.7. The highest BCUT2D eigenvalue weighted by atomic mass is 19.4. The van der Waals surface area contributed by atoms with Crippen LogP contribution in [0.3, 0.4) is 0 Å². The molecule has 1 amide bonds. The average Bonchev–Trinajstić information content (AvgIpc) is 3.34. The maximum atomic E-state index is 14.7. The Kier molecular flexibility index (Phi) is 7.20. The minimum absolute atomic E-state index is 0.0578. The molecule has 1 unspecified atom stereocenters. The van der Waals surface area contributed by atoms with Crippen molar-refractivity contribution in [2.24, 2.45) is 0 Å². The van der Waals surface area contributed by atoms with E-state index in [0.29, 0.717) is 16.7 Å². The van der Waals surface area contributed by atoms with Crippen LogP contribution in [0.1, 0.15) is 22.3 Å². The highest BCUT2D eigenvalue weighted by Crippen LogP contribution is 2.33. The minimum Gasteiger partial charge on any atom is -0.475 e. The van der Waals surface area contributed by atoms with Crippen LogP contribution in [-0.2, 0) is 4.79 Å². The van der Waals surface area contributed by atoms with Crippen molar-refractivity contribution in [1.29, 1.82) is 0 Å². The summed E-state index contributed by atoms with van der Waals surface area (Å²) >= 11 is 0. The number of carboxylic acid groups (broad SMARTS) is 1. The smallest absolute Gasteiger partial charge is 0.475 e. The number of carbonyl (C=O) groups is 2. The van der Waals surface area contributed by atoms with Gasteiger partial charge in [0.2, 0.25) is 5.88 Å². The zero-order valence-corrected chi connectivity index (χ0v) is 19.8. The van der Waals surface area contributed by atoms with Crippen LogP contribution in [-0.4, -0.2) is 67.5 Å². The topological polar surface area (TPSA) is 97.0 Å². The standard InChI is InChI=1S/C23H20F2N4O2.C2HF3O2/c1-15-4-2-5-16-7-8-19(27-20(15)16)31-18-14-29(12-9-23(18,24)25)22(30)17-6-3-11-28-13-10-26-21(17)28;3-2(4,5)1(6)7/h2-8,10-11,13,18H,9,12,14H2,1H3;(H,6,7). The number of nitrogens with zero attached hydrogens (tertiary/aromatic N) is 4. The van der Waals surface area contributed by atoms with Crippen LogP contribution in [0, 0.1) is 6.92 Å². The van der Waals surface area contributed by atoms with Gasteiger partial charge in [-0.3, -0.25) is 4.79 Å². The number of alkyl halides is 5. The van der Waals surface area contributed by atoms with Gasteiger partial charge in [-0.05, 0) is 30.7 Å². The summed E-state index contributed by atoms with van der Waals surface area (Å²) in [6, 6.07) is 12.5. The van der Waals surface area contributed by atoms with Crippen molar-refractivity contribution in [2.75, 3.05) is 13.1 Å². The van der Waals surface area contributed by atoms with Crippen molar-refractivity contribution < 1.29 is 41.4 Å². The summed E-state index contributed by atoms with van der Waals surface area (Å²) in [5.41, 5.74) is 2.51. The number of fused-ring (bicyclic) bond motifs is 2. The number of amides is 1. The zero-order chi connectivity index (χ0) is 27.7. The van der Waals surface area contributed by atoms with Crippen molar-refractivity contribution in [1.82, 2.24) is 19.3 Å². The molecular formula is C25H21F5N4O4. The third-order valence-corrected chi connectivity index (χ3v) is 5.91. The Hall–Kier alpha value is -4.29. The van der Waals surface area contributed by atoms with Crippen molar-refractivity contribution in [3.63, 3.8) is 0 Å². The van der Waals surface area contributed by atoms with Crippen LogP contribution in [0.15, 0.2) is 61.1 Å². The molecule has 0 spiro atoms. The molecule has 1 atom stereocenters. The Balaban J connectivity index is 0.000000426. The van der Waals surface area contributed by atoms with Crippen molar-refractivity contribution in [3.05, 3.63) is 72.2 Å². The molecule has 1 saturated heterocycles. The van der Waals surface area contributed by atoms with Gasteiger partial charge < -0.3 is 19.1 Å². The van der Waals surface area contributed by atoms with Crippen LogP contribution in [0.2, 0.25) is 0 Å². The first-order chi connectivity index (χ1) is 17.9. The fourth-order valence-corrected chi connectivity index (χ4v) is 3.95. The molecule has 1 aliphatic heterocycles. The molecule has 5 rings (SSSR count). The number of imidazole rings is 1. The van der Waals surface area contributed by atoms with Gasteiger partial charge >= 0.3 is 12.1 Å². The molecule has 1 aromatic carbocycles. The average molecular weight is 536 g/mol. The molecule has 200 valence electrons. The van der Waals surface area contributed by atoms with Crippen molar-refractivity contribution in [3.8, 4) is 5.88 Å². The van der Waals surface area contributed by atoms with Crippen LogP contribution >= 0.6 is 0 Å². The van der Waals surface area contributed by atoms with Gasteiger partial charge in [0.05, 0.1) is 17.6 Å². The van der Waals surface area contributed by atoms with Gasteiger partial charge in [-0.25, -0.2) is 23.5 Å². The molecule has 13 heteroatoms. The first kappa shape index (κ1) is 26.8. The number of piperidine rings is 1. The Labute approximate surface area is 212 Å². The lowest BCUT2D eigenvalue weighted by Gasteiger charge is -2.38. The summed E-state index contributed by atoms with van der Waals surface area (Å²) in [6.45, 7) is 1.61. The second-order valence-corrected chi connectivity index (χ2v) is 8.55. The largest absolute Gasteiger partial charge is 0.490 e. The lowest BCUT2D eigenvalue weighted by Crippen LogP contribution is -2.55. The lowest BCUT2D eigenvalue weighted by atomic mass is 10.0. The van der Waals surface area contributed by atoms with E-state index in [1.165, 1.54) is 4.90 Å². The molecule has 0 saturated carbocycles. The Morgan fingerprint density at radius 3 is 2.55 bits per heavy atom. The Bertz CT molecular complexity index is 1490. The van der Waals surface area contributed by atoms with Gasteiger partial charge in [0, 0.05) is 43.0 Å². The normalized spacial score (nSPS) is 17.1. The fraction of sp³-hybridized carbons (Fsp3) is 0.280. The van der Waals surface area contributed by atoms with Crippen molar-refractivity contribution in [2.45, 2.75) is 31.5 Å². The van der Waals surface area contributed by atoms with E-state index in [9.17, 15) is 26.7 Å². The van der Waals surface area contributed by atoms with Crippen molar-refractivity contribution >= 4 is 28.4 Å². The molecule has 0 aliphatic carbocycles.